The Morgan fingerprint density at radius 1 is 0.900 bits per heavy atom. The Balaban J connectivity index is 2.35. The molecule has 0 saturated heterocycles. The zero-order valence-electron chi connectivity index (χ0n) is 12.7. The van der Waals surface area contributed by atoms with Crippen LogP contribution in [0, 0.1) is 20.8 Å². The summed E-state index contributed by atoms with van der Waals surface area (Å²) in [7, 11) is 0. The molecule has 0 aliphatic heterocycles. The second-order valence-corrected chi connectivity index (χ2v) is 5.86. The van der Waals surface area contributed by atoms with Gasteiger partial charge >= 0.3 is 0 Å². The average molecular weight is 269 g/mol. The van der Waals surface area contributed by atoms with Crippen LogP contribution in [-0.4, -0.2) is 11.7 Å². The Bertz CT molecular complexity index is 569. The molecule has 0 saturated carbocycles. The van der Waals surface area contributed by atoms with Gasteiger partial charge < -0.3 is 10.4 Å². The van der Waals surface area contributed by atoms with Crippen molar-refractivity contribution in [2.75, 3.05) is 11.9 Å². The van der Waals surface area contributed by atoms with E-state index in [1.165, 1.54) is 16.7 Å². The van der Waals surface area contributed by atoms with E-state index >= 15 is 0 Å². The van der Waals surface area contributed by atoms with Crippen molar-refractivity contribution in [3.63, 3.8) is 0 Å². The molecule has 2 N–H and O–H groups in total. The monoisotopic (exact) mass is 269 g/mol. The molecule has 1 atom stereocenters. The summed E-state index contributed by atoms with van der Waals surface area (Å²) in [6, 6.07) is 14.6. The van der Waals surface area contributed by atoms with E-state index < -0.39 is 5.54 Å². The maximum Gasteiger partial charge on any atom is 0.0828 e. The Labute approximate surface area is 121 Å². The van der Waals surface area contributed by atoms with Crippen LogP contribution in [0.2, 0.25) is 0 Å². The van der Waals surface area contributed by atoms with E-state index in [0.29, 0.717) is 0 Å². The summed E-state index contributed by atoms with van der Waals surface area (Å²) in [4.78, 5) is 0. The SMILES string of the molecule is Cc1ccc(NC(C)(CO)c2cc(C)cc(C)c2)cc1. The Hall–Kier alpha value is -1.80. The highest BCUT2D eigenvalue weighted by atomic mass is 16.3. The fourth-order valence-electron chi connectivity index (χ4n) is 2.45. The quantitative estimate of drug-likeness (QED) is 0.881. The minimum atomic E-state index is -0.480. The third-order valence-corrected chi connectivity index (χ3v) is 3.65. The van der Waals surface area contributed by atoms with Crippen molar-refractivity contribution in [3.8, 4) is 0 Å². The van der Waals surface area contributed by atoms with Crippen molar-refractivity contribution in [2.24, 2.45) is 0 Å². The zero-order chi connectivity index (χ0) is 14.8. The fraction of sp³-hybridized carbons (Fsp3) is 0.333. The first kappa shape index (κ1) is 14.6. The van der Waals surface area contributed by atoms with Gasteiger partial charge in [0.05, 0.1) is 12.1 Å². The number of hydrogen-bond acceptors (Lipinski definition) is 2. The molecule has 0 spiro atoms. The molecule has 2 aromatic carbocycles. The molecule has 106 valence electrons. The van der Waals surface area contributed by atoms with Gasteiger partial charge in [-0.15, -0.1) is 0 Å². The van der Waals surface area contributed by atoms with Gasteiger partial charge in [0.2, 0.25) is 0 Å². The number of aliphatic hydroxyl groups excluding tert-OH is 1. The molecule has 0 heterocycles. The second kappa shape index (κ2) is 5.68. The molecule has 0 radical (unpaired) electrons. The first-order valence-electron chi connectivity index (χ1n) is 6.97. The van der Waals surface area contributed by atoms with Gasteiger partial charge in [0.15, 0.2) is 0 Å². The van der Waals surface area contributed by atoms with E-state index in [1.807, 2.05) is 19.1 Å². The van der Waals surface area contributed by atoms with E-state index in [-0.39, 0.29) is 6.61 Å². The van der Waals surface area contributed by atoms with E-state index in [2.05, 4.69) is 56.4 Å². The maximum atomic E-state index is 9.87. The lowest BCUT2D eigenvalue weighted by Crippen LogP contribution is -2.36. The van der Waals surface area contributed by atoms with Gasteiger partial charge in [-0.25, -0.2) is 0 Å². The normalized spacial score (nSPS) is 13.8. The molecule has 0 amide bonds. The minimum Gasteiger partial charge on any atom is -0.394 e. The number of hydrogen-bond donors (Lipinski definition) is 2. The van der Waals surface area contributed by atoms with E-state index in [0.717, 1.165) is 11.3 Å². The number of anilines is 1. The smallest absolute Gasteiger partial charge is 0.0828 e. The number of rotatable bonds is 4. The Morgan fingerprint density at radius 3 is 1.95 bits per heavy atom. The molecular weight excluding hydrogens is 246 g/mol. The third kappa shape index (κ3) is 3.20. The molecule has 1 unspecified atom stereocenters. The molecule has 0 aliphatic carbocycles. The average Bonchev–Trinajstić information content (AvgIpc) is 2.40. The van der Waals surface area contributed by atoms with Crippen LogP contribution < -0.4 is 5.32 Å². The fourth-order valence-corrected chi connectivity index (χ4v) is 2.45. The van der Waals surface area contributed by atoms with Gasteiger partial charge in [0.25, 0.3) is 0 Å². The molecule has 0 aliphatic rings. The van der Waals surface area contributed by atoms with Gasteiger partial charge in [-0.2, -0.15) is 0 Å². The molecule has 20 heavy (non-hydrogen) atoms. The third-order valence-electron chi connectivity index (χ3n) is 3.65. The molecule has 2 aromatic rings. The van der Waals surface area contributed by atoms with Crippen LogP contribution in [0.25, 0.3) is 0 Å². The molecule has 0 aromatic heterocycles. The summed E-state index contributed by atoms with van der Waals surface area (Å²) in [5, 5.41) is 13.3. The van der Waals surface area contributed by atoms with Gasteiger partial charge in [0, 0.05) is 5.69 Å². The predicted molar refractivity (Wildman–Crippen MR) is 85.2 cm³/mol. The van der Waals surface area contributed by atoms with Crippen LogP contribution in [0.4, 0.5) is 5.69 Å². The van der Waals surface area contributed by atoms with Crippen LogP contribution in [0.15, 0.2) is 42.5 Å². The molecule has 0 bridgehead atoms. The van der Waals surface area contributed by atoms with Crippen molar-refractivity contribution in [1.29, 1.82) is 0 Å². The zero-order valence-corrected chi connectivity index (χ0v) is 12.7. The van der Waals surface area contributed by atoms with Crippen LogP contribution >= 0.6 is 0 Å². The Morgan fingerprint density at radius 2 is 1.45 bits per heavy atom. The molecule has 2 rings (SSSR count). The number of aryl methyl sites for hydroxylation is 3. The minimum absolute atomic E-state index is 0.0454. The number of aliphatic hydroxyl groups is 1. The first-order chi connectivity index (χ1) is 9.43. The van der Waals surface area contributed by atoms with Crippen LogP contribution in [0.1, 0.15) is 29.2 Å². The van der Waals surface area contributed by atoms with Crippen molar-refractivity contribution in [1.82, 2.24) is 0 Å². The topological polar surface area (TPSA) is 32.3 Å². The van der Waals surface area contributed by atoms with Crippen LogP contribution in [0.5, 0.6) is 0 Å². The summed E-state index contributed by atoms with van der Waals surface area (Å²) in [5.74, 6) is 0. The molecule has 0 fully saturated rings. The van der Waals surface area contributed by atoms with Crippen molar-refractivity contribution < 1.29 is 5.11 Å². The molecular formula is C18H23NO. The lowest BCUT2D eigenvalue weighted by Gasteiger charge is -2.31. The van der Waals surface area contributed by atoms with E-state index in [1.54, 1.807) is 0 Å². The van der Waals surface area contributed by atoms with Crippen LogP contribution in [-0.2, 0) is 5.54 Å². The van der Waals surface area contributed by atoms with Gasteiger partial charge in [-0.05, 0) is 45.4 Å². The second-order valence-electron chi connectivity index (χ2n) is 5.86. The Kier molecular flexibility index (Phi) is 4.15. The summed E-state index contributed by atoms with van der Waals surface area (Å²) in [6.07, 6.45) is 0. The van der Waals surface area contributed by atoms with E-state index in [9.17, 15) is 5.11 Å². The van der Waals surface area contributed by atoms with E-state index in [4.69, 9.17) is 0 Å². The maximum absolute atomic E-state index is 9.87. The number of benzene rings is 2. The summed E-state index contributed by atoms with van der Waals surface area (Å²) in [6.45, 7) is 8.31. The van der Waals surface area contributed by atoms with Crippen molar-refractivity contribution in [3.05, 3.63) is 64.7 Å². The lowest BCUT2D eigenvalue weighted by atomic mass is 9.90. The van der Waals surface area contributed by atoms with Crippen molar-refractivity contribution in [2.45, 2.75) is 33.2 Å². The van der Waals surface area contributed by atoms with Gasteiger partial charge in [0.1, 0.15) is 0 Å². The lowest BCUT2D eigenvalue weighted by molar-refractivity contribution is 0.224. The van der Waals surface area contributed by atoms with Crippen LogP contribution in [0.3, 0.4) is 0 Å². The molecule has 2 nitrogen and oxygen atoms in total. The van der Waals surface area contributed by atoms with Gasteiger partial charge in [-0.1, -0.05) is 47.0 Å². The predicted octanol–water partition coefficient (Wildman–Crippen LogP) is 3.93. The van der Waals surface area contributed by atoms with Crippen molar-refractivity contribution >= 4 is 5.69 Å². The summed E-state index contributed by atoms with van der Waals surface area (Å²) in [5.41, 5.74) is 5.30. The highest BCUT2D eigenvalue weighted by Crippen LogP contribution is 2.27. The van der Waals surface area contributed by atoms with Gasteiger partial charge in [-0.3, -0.25) is 0 Å². The largest absolute Gasteiger partial charge is 0.394 e. The summed E-state index contributed by atoms with van der Waals surface area (Å²) < 4.78 is 0. The first-order valence-corrected chi connectivity index (χ1v) is 6.97. The standard InChI is InChI=1S/C18H23NO/c1-13-5-7-17(8-6-13)19-18(4,12-20)16-10-14(2)9-15(3)11-16/h5-11,19-20H,12H2,1-4H3. The molecule has 2 heteroatoms. The number of nitrogens with one attached hydrogen (secondary N) is 1. The summed E-state index contributed by atoms with van der Waals surface area (Å²) >= 11 is 0. The highest BCUT2D eigenvalue weighted by Gasteiger charge is 2.26. The highest BCUT2D eigenvalue weighted by molar-refractivity contribution is 5.49.